The maximum absolute atomic E-state index is 11.9. The number of benzene rings is 1. The van der Waals surface area contributed by atoms with Gasteiger partial charge < -0.3 is 9.64 Å². The summed E-state index contributed by atoms with van der Waals surface area (Å²) in [6.45, 7) is 0.582. The van der Waals surface area contributed by atoms with Crippen molar-refractivity contribution in [3.8, 4) is 0 Å². The van der Waals surface area contributed by atoms with Crippen LogP contribution in [0, 0.1) is 0 Å². The van der Waals surface area contributed by atoms with Crippen LogP contribution in [0.25, 0.3) is 0 Å². The molecule has 0 N–H and O–H groups in total. The van der Waals surface area contributed by atoms with Gasteiger partial charge in [0.05, 0.1) is 13.0 Å². The summed E-state index contributed by atoms with van der Waals surface area (Å²) >= 11 is 3.39. The first kappa shape index (κ1) is 14.4. The van der Waals surface area contributed by atoms with E-state index < -0.39 is 13.0 Å². The molecule has 0 atom stereocenters. The van der Waals surface area contributed by atoms with Gasteiger partial charge in [-0.05, 0) is 23.3 Å². The highest BCUT2D eigenvalue weighted by molar-refractivity contribution is 9.10. The molecule has 1 aliphatic heterocycles. The van der Waals surface area contributed by atoms with Gasteiger partial charge in [-0.2, -0.15) is 0 Å². The fraction of sp³-hybridized carbons (Fsp3) is 0.462. The van der Waals surface area contributed by atoms with Gasteiger partial charge in [0.15, 0.2) is 0 Å². The van der Waals surface area contributed by atoms with Gasteiger partial charge in [0.1, 0.15) is 6.61 Å². The Balaban J connectivity index is 1.80. The molecule has 1 aromatic carbocycles. The van der Waals surface area contributed by atoms with Crippen molar-refractivity contribution in [2.45, 2.75) is 25.9 Å². The number of hydrogen-bond donors (Lipinski definition) is 0. The van der Waals surface area contributed by atoms with Crippen molar-refractivity contribution in [3.05, 3.63) is 33.8 Å². The average Bonchev–Trinajstić information content (AvgIpc) is 2.77. The quantitative estimate of drug-likeness (QED) is 0.775. The lowest BCUT2D eigenvalue weighted by molar-refractivity contribution is -0.133. The minimum absolute atomic E-state index is 0.0414. The van der Waals surface area contributed by atoms with Crippen LogP contribution in [-0.4, -0.2) is 30.4 Å². The molecule has 1 aromatic rings. The number of halogens is 3. The molecular weight excluding hydrogens is 320 g/mol. The maximum atomic E-state index is 11.9. The molecule has 0 saturated heterocycles. The summed E-state index contributed by atoms with van der Waals surface area (Å²) in [7, 11) is 0. The standard InChI is InChI=1S/C13H14BrF2NO2/c14-11-2-1-9-6-17(7-10(9)5-11)13(18)3-4-19-8-12(15)16/h1-2,5,12H,3-4,6-8H2. The molecule has 0 unspecified atom stereocenters. The zero-order chi connectivity index (χ0) is 13.8. The summed E-state index contributed by atoms with van der Waals surface area (Å²) in [4.78, 5) is 13.6. The summed E-state index contributed by atoms with van der Waals surface area (Å²) < 4.78 is 29.4. The summed E-state index contributed by atoms with van der Waals surface area (Å²) in [6, 6.07) is 5.93. The van der Waals surface area contributed by atoms with E-state index in [0.717, 1.165) is 15.6 Å². The lowest BCUT2D eigenvalue weighted by Crippen LogP contribution is -2.26. The minimum atomic E-state index is -2.48. The minimum Gasteiger partial charge on any atom is -0.375 e. The molecule has 0 aromatic heterocycles. The van der Waals surface area contributed by atoms with Gasteiger partial charge in [-0.15, -0.1) is 0 Å². The number of amides is 1. The molecule has 1 aliphatic rings. The normalized spacial score (nSPS) is 14.0. The topological polar surface area (TPSA) is 29.5 Å². The SMILES string of the molecule is O=C(CCOCC(F)F)N1Cc2ccc(Br)cc2C1. The number of ether oxygens (including phenoxy) is 1. The van der Waals surface area contributed by atoms with Gasteiger partial charge in [0.25, 0.3) is 6.43 Å². The van der Waals surface area contributed by atoms with Crippen molar-refractivity contribution in [2.24, 2.45) is 0 Å². The van der Waals surface area contributed by atoms with Gasteiger partial charge in [-0.25, -0.2) is 8.78 Å². The molecule has 0 radical (unpaired) electrons. The first-order chi connectivity index (χ1) is 9.06. The molecule has 104 valence electrons. The summed E-state index contributed by atoms with van der Waals surface area (Å²) in [5.74, 6) is -0.0680. The van der Waals surface area contributed by atoms with E-state index in [1.54, 1.807) is 4.90 Å². The second-order valence-corrected chi connectivity index (χ2v) is 5.29. The fourth-order valence-corrected chi connectivity index (χ4v) is 2.44. The van der Waals surface area contributed by atoms with Gasteiger partial charge in [0.2, 0.25) is 5.91 Å². The third-order valence-electron chi connectivity index (χ3n) is 2.95. The Labute approximate surface area is 118 Å². The van der Waals surface area contributed by atoms with Crippen LogP contribution in [0.5, 0.6) is 0 Å². The Bertz CT molecular complexity index is 468. The number of nitrogens with zero attached hydrogens (tertiary/aromatic N) is 1. The van der Waals surface area contributed by atoms with Crippen LogP contribution >= 0.6 is 15.9 Å². The van der Waals surface area contributed by atoms with Crippen LogP contribution in [0.2, 0.25) is 0 Å². The lowest BCUT2D eigenvalue weighted by Gasteiger charge is -2.15. The van der Waals surface area contributed by atoms with Crippen molar-refractivity contribution in [1.82, 2.24) is 4.90 Å². The van der Waals surface area contributed by atoms with Gasteiger partial charge in [-0.1, -0.05) is 22.0 Å². The van der Waals surface area contributed by atoms with E-state index in [1.165, 1.54) is 0 Å². The molecule has 0 fully saturated rings. The van der Waals surface area contributed by atoms with E-state index in [2.05, 4.69) is 15.9 Å². The number of hydrogen-bond acceptors (Lipinski definition) is 2. The molecular formula is C13H14BrF2NO2. The molecule has 3 nitrogen and oxygen atoms in total. The van der Waals surface area contributed by atoms with E-state index in [4.69, 9.17) is 4.74 Å². The number of carbonyl (C=O) groups is 1. The maximum Gasteiger partial charge on any atom is 0.261 e. The smallest absolute Gasteiger partial charge is 0.261 e. The van der Waals surface area contributed by atoms with Crippen molar-refractivity contribution in [1.29, 1.82) is 0 Å². The van der Waals surface area contributed by atoms with E-state index in [0.29, 0.717) is 13.1 Å². The van der Waals surface area contributed by atoms with E-state index in [9.17, 15) is 13.6 Å². The second-order valence-electron chi connectivity index (χ2n) is 4.38. The van der Waals surface area contributed by atoms with Gasteiger partial charge in [-0.3, -0.25) is 4.79 Å². The van der Waals surface area contributed by atoms with Crippen molar-refractivity contribution < 1.29 is 18.3 Å². The van der Waals surface area contributed by atoms with Crippen LogP contribution in [-0.2, 0) is 22.6 Å². The number of rotatable bonds is 5. The van der Waals surface area contributed by atoms with E-state index >= 15 is 0 Å². The zero-order valence-electron chi connectivity index (χ0n) is 10.2. The first-order valence-electron chi connectivity index (χ1n) is 5.97. The Morgan fingerprint density at radius 3 is 2.84 bits per heavy atom. The highest BCUT2D eigenvalue weighted by Gasteiger charge is 2.22. The average molecular weight is 334 g/mol. The van der Waals surface area contributed by atoms with Gasteiger partial charge >= 0.3 is 0 Å². The monoisotopic (exact) mass is 333 g/mol. The van der Waals surface area contributed by atoms with Gasteiger partial charge in [0, 0.05) is 17.6 Å². The summed E-state index contributed by atoms with van der Waals surface area (Å²) in [6.07, 6.45) is -2.34. The Morgan fingerprint density at radius 2 is 2.11 bits per heavy atom. The highest BCUT2D eigenvalue weighted by atomic mass is 79.9. The lowest BCUT2D eigenvalue weighted by atomic mass is 10.1. The summed E-state index contributed by atoms with van der Waals surface area (Å²) in [5, 5.41) is 0. The van der Waals surface area contributed by atoms with Crippen LogP contribution in [0.1, 0.15) is 17.5 Å². The van der Waals surface area contributed by atoms with Crippen molar-refractivity contribution in [3.63, 3.8) is 0 Å². The molecule has 19 heavy (non-hydrogen) atoms. The van der Waals surface area contributed by atoms with Crippen molar-refractivity contribution >= 4 is 21.8 Å². The van der Waals surface area contributed by atoms with Crippen LogP contribution in [0.15, 0.2) is 22.7 Å². The van der Waals surface area contributed by atoms with E-state index in [-0.39, 0.29) is 18.9 Å². The predicted molar refractivity (Wildman–Crippen MR) is 69.8 cm³/mol. The summed E-state index contributed by atoms with van der Waals surface area (Å²) in [5.41, 5.74) is 2.25. The first-order valence-corrected chi connectivity index (χ1v) is 6.76. The van der Waals surface area contributed by atoms with Crippen LogP contribution in [0.3, 0.4) is 0 Å². The number of alkyl halides is 2. The van der Waals surface area contributed by atoms with Crippen LogP contribution in [0.4, 0.5) is 8.78 Å². The third-order valence-corrected chi connectivity index (χ3v) is 3.44. The fourth-order valence-electron chi connectivity index (χ4n) is 2.03. The zero-order valence-corrected chi connectivity index (χ0v) is 11.8. The van der Waals surface area contributed by atoms with E-state index in [1.807, 2.05) is 18.2 Å². The van der Waals surface area contributed by atoms with Crippen molar-refractivity contribution in [2.75, 3.05) is 13.2 Å². The Kier molecular flexibility index (Phi) is 4.87. The predicted octanol–water partition coefficient (Wildman–Crippen LogP) is 2.96. The molecule has 6 heteroatoms. The highest BCUT2D eigenvalue weighted by Crippen LogP contribution is 2.26. The largest absolute Gasteiger partial charge is 0.375 e. The molecule has 1 heterocycles. The third kappa shape index (κ3) is 3.98. The molecule has 0 aliphatic carbocycles. The molecule has 1 amide bonds. The molecule has 0 bridgehead atoms. The number of carbonyl (C=O) groups excluding carboxylic acids is 1. The molecule has 0 spiro atoms. The second kappa shape index (κ2) is 6.43. The van der Waals surface area contributed by atoms with Crippen LogP contribution < -0.4 is 0 Å². The molecule has 2 rings (SSSR count). The Morgan fingerprint density at radius 1 is 1.37 bits per heavy atom. The molecule has 0 saturated carbocycles. The Hall–Kier alpha value is -1.01. The number of fused-ring (bicyclic) bond motifs is 1.